The second-order valence-electron chi connectivity index (χ2n) is 9.08. The van der Waals surface area contributed by atoms with Gasteiger partial charge in [0, 0.05) is 12.1 Å². The van der Waals surface area contributed by atoms with Crippen LogP contribution in [0.5, 0.6) is 11.5 Å². The molecule has 0 aliphatic carbocycles. The number of carbonyl (C=O) groups excluding carboxylic acids is 3. The van der Waals surface area contributed by atoms with Gasteiger partial charge in [0.15, 0.2) is 5.60 Å². The molecule has 9 nitrogen and oxygen atoms in total. The first-order valence-electron chi connectivity index (χ1n) is 11.2. The van der Waals surface area contributed by atoms with Gasteiger partial charge in [0.2, 0.25) is 0 Å². The van der Waals surface area contributed by atoms with Crippen molar-refractivity contribution < 1.29 is 33.7 Å². The Morgan fingerprint density at radius 2 is 1.46 bits per heavy atom. The summed E-state index contributed by atoms with van der Waals surface area (Å²) in [6.07, 6.45) is 0. The van der Waals surface area contributed by atoms with Crippen molar-refractivity contribution in [2.75, 3.05) is 24.4 Å². The summed E-state index contributed by atoms with van der Waals surface area (Å²) in [7, 11) is 2.56. The average Bonchev–Trinajstić information content (AvgIpc) is 2.79. The molecule has 9 heteroatoms. The summed E-state index contributed by atoms with van der Waals surface area (Å²) in [5.41, 5.74) is -0.181. The topological polar surface area (TPSA) is 114 Å². The molecule has 0 atom stereocenters. The summed E-state index contributed by atoms with van der Waals surface area (Å²) >= 11 is 0. The molecule has 2 aromatic rings. The predicted octanol–water partition coefficient (Wildman–Crippen LogP) is 4.38. The van der Waals surface area contributed by atoms with Crippen LogP contribution in [0.15, 0.2) is 36.4 Å². The number of phenols is 1. The molecule has 2 rings (SSSR count). The summed E-state index contributed by atoms with van der Waals surface area (Å²) < 4.78 is 15.7. The fraction of sp³-hybridized carbons (Fsp3) is 0.423. The number of nitrogens with one attached hydrogen (secondary N) is 1. The zero-order valence-corrected chi connectivity index (χ0v) is 21.5. The number of aromatic hydroxyl groups is 1. The van der Waals surface area contributed by atoms with E-state index in [4.69, 9.17) is 14.2 Å². The molecule has 0 radical (unpaired) electrons. The Kier molecular flexibility index (Phi) is 8.73. The second-order valence-corrected chi connectivity index (χ2v) is 9.08. The summed E-state index contributed by atoms with van der Waals surface area (Å²) in [6, 6.07) is 8.57. The van der Waals surface area contributed by atoms with Gasteiger partial charge in [-0.15, -0.1) is 0 Å². The Hall–Kier alpha value is -3.75. The zero-order valence-electron chi connectivity index (χ0n) is 21.5. The van der Waals surface area contributed by atoms with Crippen molar-refractivity contribution in [1.82, 2.24) is 0 Å². The number of anilines is 2. The van der Waals surface area contributed by atoms with Crippen molar-refractivity contribution in [3.05, 3.63) is 47.5 Å². The van der Waals surface area contributed by atoms with E-state index in [0.29, 0.717) is 17.0 Å². The number of carbonyl (C=O) groups is 3. The van der Waals surface area contributed by atoms with Crippen molar-refractivity contribution in [3.8, 4) is 11.5 Å². The highest BCUT2D eigenvalue weighted by Crippen LogP contribution is 2.35. The molecule has 0 bridgehead atoms. The van der Waals surface area contributed by atoms with Crippen molar-refractivity contribution in [3.63, 3.8) is 0 Å². The van der Waals surface area contributed by atoms with Gasteiger partial charge >= 0.3 is 11.9 Å². The Morgan fingerprint density at radius 3 is 1.97 bits per heavy atom. The molecule has 2 aromatic carbocycles. The molecule has 190 valence electrons. The summed E-state index contributed by atoms with van der Waals surface area (Å²) in [5, 5.41) is 13.7. The lowest BCUT2D eigenvalue weighted by Gasteiger charge is -2.35. The van der Waals surface area contributed by atoms with E-state index < -0.39 is 23.4 Å². The van der Waals surface area contributed by atoms with E-state index in [-0.39, 0.29) is 29.1 Å². The molecule has 0 heterocycles. The first kappa shape index (κ1) is 27.5. The van der Waals surface area contributed by atoms with E-state index in [0.717, 1.165) is 0 Å². The Bertz CT molecular complexity index is 1090. The van der Waals surface area contributed by atoms with Crippen molar-refractivity contribution in [1.29, 1.82) is 0 Å². The van der Waals surface area contributed by atoms with Crippen LogP contribution in [0.4, 0.5) is 11.4 Å². The van der Waals surface area contributed by atoms with Gasteiger partial charge in [-0.3, -0.25) is 4.79 Å². The maximum absolute atomic E-state index is 13.7. The molecule has 0 aliphatic rings. The molecule has 0 saturated heterocycles. The molecular formula is C26H34N2O7. The average molecular weight is 487 g/mol. The van der Waals surface area contributed by atoms with Gasteiger partial charge in [-0.05, 0) is 77.9 Å². The third kappa shape index (κ3) is 6.44. The minimum Gasteiger partial charge on any atom is -0.506 e. The van der Waals surface area contributed by atoms with Gasteiger partial charge in [-0.1, -0.05) is 0 Å². The molecule has 0 aliphatic heterocycles. The van der Waals surface area contributed by atoms with Gasteiger partial charge in [0.05, 0.1) is 36.7 Å². The minimum atomic E-state index is -1.39. The molecule has 0 spiro atoms. The highest BCUT2D eigenvalue weighted by molar-refractivity contribution is 6.02. The van der Waals surface area contributed by atoms with Crippen molar-refractivity contribution in [2.45, 2.75) is 59.2 Å². The van der Waals surface area contributed by atoms with Crippen molar-refractivity contribution in [2.24, 2.45) is 0 Å². The fourth-order valence-electron chi connectivity index (χ4n) is 3.48. The highest BCUT2D eigenvalue weighted by Gasteiger charge is 2.38. The predicted molar refractivity (Wildman–Crippen MR) is 133 cm³/mol. The smallest absolute Gasteiger partial charge is 0.337 e. The molecule has 1 amide bonds. The van der Waals surface area contributed by atoms with E-state index >= 15 is 0 Å². The zero-order chi connectivity index (χ0) is 26.5. The number of benzene rings is 2. The molecule has 35 heavy (non-hydrogen) atoms. The fourth-order valence-corrected chi connectivity index (χ4v) is 3.48. The number of nitrogens with zero attached hydrogens (tertiary/aromatic N) is 1. The number of amides is 1. The minimum absolute atomic E-state index is 0.0224. The maximum atomic E-state index is 13.7. The number of rotatable bonds is 9. The largest absolute Gasteiger partial charge is 0.506 e. The summed E-state index contributed by atoms with van der Waals surface area (Å²) in [6.45, 7) is 10.7. The van der Waals surface area contributed by atoms with E-state index in [1.54, 1.807) is 45.9 Å². The lowest BCUT2D eigenvalue weighted by Crippen LogP contribution is -2.51. The van der Waals surface area contributed by atoms with Crippen LogP contribution in [0, 0.1) is 0 Å². The number of phenolic OH excluding ortho intramolecular Hbond substituents is 1. The standard InChI is InChI=1S/C26H34N2O7/c1-15(2)27-19-13-17(23(30)33-7)10-12-22(19)35-26(5,6)25(32)28(16(3)4)20-14-18(24(31)34-8)9-11-21(20)29/h9-16,27,29H,1-8H3. The number of esters is 2. The summed E-state index contributed by atoms with van der Waals surface area (Å²) in [4.78, 5) is 39.1. The van der Waals surface area contributed by atoms with E-state index in [9.17, 15) is 19.5 Å². The van der Waals surface area contributed by atoms with Crippen LogP contribution in [-0.2, 0) is 14.3 Å². The van der Waals surface area contributed by atoms with Gasteiger partial charge in [-0.2, -0.15) is 0 Å². The van der Waals surface area contributed by atoms with Crippen molar-refractivity contribution >= 4 is 29.2 Å². The number of ether oxygens (including phenoxy) is 3. The third-order valence-electron chi connectivity index (χ3n) is 5.12. The lowest BCUT2D eigenvalue weighted by molar-refractivity contribution is -0.131. The quantitative estimate of drug-likeness (QED) is 0.502. The molecule has 2 N–H and O–H groups in total. The van der Waals surface area contributed by atoms with E-state index in [1.807, 2.05) is 13.8 Å². The van der Waals surface area contributed by atoms with E-state index in [2.05, 4.69) is 5.32 Å². The molecule has 0 fully saturated rings. The number of hydrogen-bond donors (Lipinski definition) is 2. The molecule has 0 unspecified atom stereocenters. The summed E-state index contributed by atoms with van der Waals surface area (Å²) in [5.74, 6) is -1.34. The highest BCUT2D eigenvalue weighted by atomic mass is 16.5. The number of hydrogen-bond acceptors (Lipinski definition) is 8. The SMILES string of the molecule is COC(=O)c1ccc(OC(C)(C)C(=O)N(c2cc(C(=O)OC)ccc2O)C(C)C)c(NC(C)C)c1. The Labute approximate surface area is 206 Å². The Morgan fingerprint density at radius 1 is 0.914 bits per heavy atom. The van der Waals surface area contributed by atoms with Crippen LogP contribution in [-0.4, -0.2) is 54.9 Å². The Balaban J connectivity index is 2.48. The first-order chi connectivity index (χ1) is 16.3. The maximum Gasteiger partial charge on any atom is 0.337 e. The monoisotopic (exact) mass is 486 g/mol. The number of methoxy groups -OCH3 is 2. The van der Waals surface area contributed by atoms with Gasteiger partial charge in [0.25, 0.3) is 5.91 Å². The molecule has 0 aromatic heterocycles. The normalized spacial score (nSPS) is 11.3. The van der Waals surface area contributed by atoms with Crippen LogP contribution < -0.4 is 15.0 Å². The van der Waals surface area contributed by atoms with Crippen LogP contribution in [0.25, 0.3) is 0 Å². The molecule has 0 saturated carbocycles. The third-order valence-corrected chi connectivity index (χ3v) is 5.12. The van der Waals surface area contributed by atoms with Crippen LogP contribution in [0.1, 0.15) is 62.3 Å². The van der Waals surface area contributed by atoms with Gasteiger partial charge < -0.3 is 29.5 Å². The molecular weight excluding hydrogens is 452 g/mol. The van der Waals surface area contributed by atoms with Crippen LogP contribution >= 0.6 is 0 Å². The van der Waals surface area contributed by atoms with Gasteiger partial charge in [0.1, 0.15) is 11.5 Å². The first-order valence-corrected chi connectivity index (χ1v) is 11.2. The van der Waals surface area contributed by atoms with E-state index in [1.165, 1.54) is 37.3 Å². The lowest BCUT2D eigenvalue weighted by atomic mass is 10.0. The van der Waals surface area contributed by atoms with Crippen LogP contribution in [0.3, 0.4) is 0 Å². The second kappa shape index (κ2) is 11.1. The van der Waals surface area contributed by atoms with Crippen LogP contribution in [0.2, 0.25) is 0 Å². The van der Waals surface area contributed by atoms with Gasteiger partial charge in [-0.25, -0.2) is 9.59 Å².